The van der Waals surface area contributed by atoms with E-state index in [1.165, 1.54) is 5.56 Å². The molecule has 5 heteroatoms. The smallest absolute Gasteiger partial charge is 0.408 e. The topological polar surface area (TPSA) is 58.6 Å². The van der Waals surface area contributed by atoms with Crippen molar-refractivity contribution in [3.05, 3.63) is 35.9 Å². The third-order valence-corrected chi connectivity index (χ3v) is 3.56. The van der Waals surface area contributed by atoms with E-state index < -0.39 is 17.7 Å². The largest absolute Gasteiger partial charge is 0.444 e. The van der Waals surface area contributed by atoms with Crippen molar-refractivity contribution >= 4 is 12.0 Å². The van der Waals surface area contributed by atoms with E-state index in [2.05, 4.69) is 5.32 Å². The number of likely N-dealkylation sites (N-methyl/N-ethyl adjacent to an activating group) is 1. The zero-order chi connectivity index (χ0) is 18.3. The van der Waals surface area contributed by atoms with Crippen molar-refractivity contribution in [3.8, 4) is 0 Å². The van der Waals surface area contributed by atoms with Crippen molar-refractivity contribution < 1.29 is 14.3 Å². The van der Waals surface area contributed by atoms with Gasteiger partial charge in [0.05, 0.1) is 0 Å². The first kappa shape index (κ1) is 20.0. The first-order valence-corrected chi connectivity index (χ1v) is 8.38. The summed E-state index contributed by atoms with van der Waals surface area (Å²) in [5.41, 5.74) is 0.590. The zero-order valence-electron chi connectivity index (χ0n) is 15.6. The number of hydrogen-bond acceptors (Lipinski definition) is 3. The van der Waals surface area contributed by atoms with Crippen LogP contribution in [0.15, 0.2) is 30.3 Å². The highest BCUT2D eigenvalue weighted by Gasteiger charge is 2.28. The van der Waals surface area contributed by atoms with Crippen LogP contribution in [0.5, 0.6) is 0 Å². The zero-order valence-corrected chi connectivity index (χ0v) is 15.6. The van der Waals surface area contributed by atoms with Gasteiger partial charge in [-0.15, -0.1) is 0 Å². The van der Waals surface area contributed by atoms with E-state index in [-0.39, 0.29) is 11.8 Å². The van der Waals surface area contributed by atoms with Crippen LogP contribution < -0.4 is 5.32 Å². The van der Waals surface area contributed by atoms with Crippen molar-refractivity contribution in [2.45, 2.75) is 52.7 Å². The fourth-order valence-corrected chi connectivity index (χ4v) is 2.24. The van der Waals surface area contributed by atoms with Crippen molar-refractivity contribution in [2.75, 3.05) is 13.6 Å². The fourth-order valence-electron chi connectivity index (χ4n) is 2.24. The summed E-state index contributed by atoms with van der Waals surface area (Å²) in [6.07, 6.45) is 0.214. The maximum Gasteiger partial charge on any atom is 0.408 e. The van der Waals surface area contributed by atoms with Gasteiger partial charge in [0, 0.05) is 13.6 Å². The highest BCUT2D eigenvalue weighted by molar-refractivity contribution is 5.85. The molecule has 1 atom stereocenters. The number of ether oxygens (including phenoxy) is 1. The molecule has 0 radical (unpaired) electrons. The van der Waals surface area contributed by atoms with Crippen molar-refractivity contribution in [1.82, 2.24) is 10.2 Å². The number of amides is 2. The van der Waals surface area contributed by atoms with Crippen LogP contribution in [0, 0.1) is 5.92 Å². The molecule has 1 N–H and O–H groups in total. The summed E-state index contributed by atoms with van der Waals surface area (Å²) >= 11 is 0. The lowest BCUT2D eigenvalue weighted by atomic mass is 10.0. The number of rotatable bonds is 6. The van der Waals surface area contributed by atoms with Gasteiger partial charge in [-0.25, -0.2) is 4.79 Å². The second-order valence-corrected chi connectivity index (χ2v) is 7.36. The molecule has 1 rings (SSSR count). The van der Waals surface area contributed by atoms with E-state index in [0.29, 0.717) is 6.54 Å². The van der Waals surface area contributed by atoms with Crippen LogP contribution in [0.1, 0.15) is 40.2 Å². The minimum Gasteiger partial charge on any atom is -0.444 e. The highest BCUT2D eigenvalue weighted by atomic mass is 16.6. The Labute approximate surface area is 145 Å². The number of carbonyl (C=O) groups excluding carboxylic acids is 2. The van der Waals surface area contributed by atoms with Crippen LogP contribution in [-0.2, 0) is 16.0 Å². The van der Waals surface area contributed by atoms with Crippen LogP contribution in [0.4, 0.5) is 4.79 Å². The molecule has 0 bridgehead atoms. The number of nitrogens with one attached hydrogen (secondary N) is 1. The van der Waals surface area contributed by atoms with Gasteiger partial charge in [0.2, 0.25) is 5.91 Å². The van der Waals surface area contributed by atoms with Crippen molar-refractivity contribution in [2.24, 2.45) is 5.92 Å². The summed E-state index contributed by atoms with van der Waals surface area (Å²) in [6.45, 7) is 9.80. The Hall–Kier alpha value is -2.04. The Kier molecular flexibility index (Phi) is 7.26. The average Bonchev–Trinajstić information content (AvgIpc) is 2.48. The second-order valence-electron chi connectivity index (χ2n) is 7.36. The molecule has 0 aliphatic rings. The lowest BCUT2D eigenvalue weighted by Crippen LogP contribution is -2.51. The maximum atomic E-state index is 12.7. The molecule has 1 aromatic rings. The van der Waals surface area contributed by atoms with Gasteiger partial charge in [0.15, 0.2) is 0 Å². The highest BCUT2D eigenvalue weighted by Crippen LogP contribution is 2.11. The standard InChI is InChI=1S/C19H30N2O3/c1-14(2)16(20-18(23)24-19(3,4)5)17(22)21(6)13-12-15-10-8-7-9-11-15/h7-11,14,16H,12-13H2,1-6H3,(H,20,23). The molecule has 0 spiro atoms. The van der Waals surface area contributed by atoms with Crippen LogP contribution in [0.25, 0.3) is 0 Å². The predicted octanol–water partition coefficient (Wildman–Crippen LogP) is 3.24. The molecule has 0 aliphatic heterocycles. The molecule has 0 saturated heterocycles. The Morgan fingerprint density at radius 3 is 2.25 bits per heavy atom. The normalized spacial score (nSPS) is 12.6. The number of hydrogen-bond donors (Lipinski definition) is 1. The summed E-state index contributed by atoms with van der Waals surface area (Å²) in [7, 11) is 1.76. The third-order valence-electron chi connectivity index (χ3n) is 3.56. The molecule has 2 amide bonds. The summed E-state index contributed by atoms with van der Waals surface area (Å²) < 4.78 is 5.26. The van der Waals surface area contributed by atoms with E-state index in [1.54, 1.807) is 32.7 Å². The minimum absolute atomic E-state index is 0.0239. The molecule has 0 aromatic heterocycles. The van der Waals surface area contributed by atoms with Gasteiger partial charge in [-0.05, 0) is 38.7 Å². The molecule has 134 valence electrons. The molecule has 0 heterocycles. The third kappa shape index (κ3) is 7.02. The second kappa shape index (κ2) is 8.71. The molecule has 0 fully saturated rings. The van der Waals surface area contributed by atoms with E-state index in [4.69, 9.17) is 4.74 Å². The van der Waals surface area contributed by atoms with Crippen molar-refractivity contribution in [1.29, 1.82) is 0 Å². The fraction of sp³-hybridized carbons (Fsp3) is 0.579. The van der Waals surface area contributed by atoms with Gasteiger partial charge >= 0.3 is 6.09 Å². The van der Waals surface area contributed by atoms with Crippen LogP contribution in [-0.4, -0.2) is 42.1 Å². The van der Waals surface area contributed by atoms with E-state index in [1.807, 2.05) is 44.2 Å². The van der Waals surface area contributed by atoms with Gasteiger partial charge in [-0.3, -0.25) is 4.79 Å². The number of benzene rings is 1. The summed E-state index contributed by atoms with van der Waals surface area (Å²) in [6, 6.07) is 9.42. The number of alkyl carbamates (subject to hydrolysis) is 1. The molecule has 0 aliphatic carbocycles. The van der Waals surface area contributed by atoms with Crippen LogP contribution >= 0.6 is 0 Å². The van der Waals surface area contributed by atoms with E-state index in [9.17, 15) is 9.59 Å². The summed E-state index contributed by atoms with van der Waals surface area (Å²) in [5.74, 6) is -0.129. The summed E-state index contributed by atoms with van der Waals surface area (Å²) in [4.78, 5) is 26.3. The van der Waals surface area contributed by atoms with E-state index >= 15 is 0 Å². The monoisotopic (exact) mass is 334 g/mol. The minimum atomic E-state index is -0.597. The van der Waals surface area contributed by atoms with Gasteiger partial charge in [-0.2, -0.15) is 0 Å². The molecule has 0 saturated carbocycles. The van der Waals surface area contributed by atoms with Crippen LogP contribution in [0.3, 0.4) is 0 Å². The Morgan fingerprint density at radius 1 is 1.17 bits per heavy atom. The molecule has 24 heavy (non-hydrogen) atoms. The lowest BCUT2D eigenvalue weighted by molar-refractivity contribution is -0.133. The first-order chi connectivity index (χ1) is 11.1. The van der Waals surface area contributed by atoms with Crippen molar-refractivity contribution in [3.63, 3.8) is 0 Å². The van der Waals surface area contributed by atoms with Gasteiger partial charge in [-0.1, -0.05) is 44.2 Å². The van der Waals surface area contributed by atoms with Gasteiger partial charge in [0.1, 0.15) is 11.6 Å². The van der Waals surface area contributed by atoms with Gasteiger partial charge in [0.25, 0.3) is 0 Å². The quantitative estimate of drug-likeness (QED) is 0.869. The van der Waals surface area contributed by atoms with Crippen LogP contribution in [0.2, 0.25) is 0 Å². The van der Waals surface area contributed by atoms with Gasteiger partial charge < -0.3 is 15.0 Å². The Balaban J connectivity index is 2.63. The SMILES string of the molecule is CC(C)C(NC(=O)OC(C)(C)C)C(=O)N(C)CCc1ccccc1. The maximum absolute atomic E-state index is 12.7. The molecular weight excluding hydrogens is 304 g/mol. The summed E-state index contributed by atoms with van der Waals surface area (Å²) in [5, 5.41) is 2.70. The predicted molar refractivity (Wildman–Crippen MR) is 95.8 cm³/mol. The molecular formula is C19H30N2O3. The van der Waals surface area contributed by atoms with E-state index in [0.717, 1.165) is 6.42 Å². The molecule has 1 unspecified atom stereocenters. The average molecular weight is 334 g/mol. The number of carbonyl (C=O) groups is 2. The molecule has 1 aromatic carbocycles. The molecule has 5 nitrogen and oxygen atoms in total. The number of nitrogens with zero attached hydrogens (tertiary/aromatic N) is 1. The lowest BCUT2D eigenvalue weighted by Gasteiger charge is -2.28. The Morgan fingerprint density at radius 2 is 1.75 bits per heavy atom. The first-order valence-electron chi connectivity index (χ1n) is 8.38. The Bertz CT molecular complexity index is 535.